The number of unbranched alkanes of at least 4 members (excludes halogenated alkanes) is 29. The number of hydrogen-bond acceptors (Lipinski definition) is 15. The molecule has 0 heterocycles. The lowest BCUT2D eigenvalue weighted by molar-refractivity contribution is -0.161. The molecule has 0 amide bonds. The predicted octanol–water partition coefficient (Wildman–Crippen LogP) is 26.3. The Hall–Kier alpha value is -5.32. The summed E-state index contributed by atoms with van der Waals surface area (Å²) in [5.41, 5.74) is 0. The van der Waals surface area contributed by atoms with E-state index in [1.54, 1.807) is 0 Å². The number of ether oxygens (including phenoxy) is 4. The maximum atomic E-state index is 13.2. The van der Waals surface area contributed by atoms with Crippen molar-refractivity contribution in [3.05, 3.63) is 158 Å². The van der Waals surface area contributed by atoms with Gasteiger partial charge in [-0.2, -0.15) is 0 Å². The van der Waals surface area contributed by atoms with Gasteiger partial charge in [-0.3, -0.25) is 37.3 Å². The first-order chi connectivity index (χ1) is 54.7. The van der Waals surface area contributed by atoms with Crippen molar-refractivity contribution in [3.8, 4) is 0 Å². The third-order valence-corrected chi connectivity index (χ3v) is 19.8. The Kier molecular flexibility index (Phi) is 79.6. The summed E-state index contributed by atoms with van der Waals surface area (Å²) in [4.78, 5) is 73.3. The first kappa shape index (κ1) is 107. The molecule has 0 aromatic rings. The van der Waals surface area contributed by atoms with E-state index in [0.29, 0.717) is 25.7 Å². The zero-order chi connectivity index (χ0) is 81.7. The summed E-state index contributed by atoms with van der Waals surface area (Å²) in [5.74, 6) is -2.25. The van der Waals surface area contributed by atoms with Crippen LogP contribution in [-0.2, 0) is 65.4 Å². The second kappa shape index (κ2) is 83.6. The number of rotatable bonds is 81. The summed E-state index contributed by atoms with van der Waals surface area (Å²) in [6.07, 6.45) is 99.0. The molecule has 0 saturated heterocycles. The van der Waals surface area contributed by atoms with Crippen LogP contribution in [-0.4, -0.2) is 96.7 Å². The fourth-order valence-corrected chi connectivity index (χ4v) is 12.9. The van der Waals surface area contributed by atoms with Crippen LogP contribution in [0.25, 0.3) is 0 Å². The topological polar surface area (TPSA) is 237 Å². The van der Waals surface area contributed by atoms with E-state index >= 15 is 0 Å². The molecule has 0 spiro atoms. The minimum absolute atomic E-state index is 0.0674. The van der Waals surface area contributed by atoms with E-state index in [2.05, 4.69) is 186 Å². The van der Waals surface area contributed by atoms with Crippen molar-refractivity contribution in [3.63, 3.8) is 0 Å². The molecule has 0 bridgehead atoms. The average molecular weight is 1610 g/mol. The lowest BCUT2D eigenvalue weighted by Crippen LogP contribution is -2.30. The molecule has 17 nitrogen and oxygen atoms in total. The fourth-order valence-electron chi connectivity index (χ4n) is 11.3. The molecule has 0 aliphatic carbocycles. The zero-order valence-corrected chi connectivity index (χ0v) is 72.1. The summed E-state index contributed by atoms with van der Waals surface area (Å²) in [5, 5.41) is 10.7. The van der Waals surface area contributed by atoms with Crippen molar-refractivity contribution in [2.24, 2.45) is 0 Å². The molecule has 0 fully saturated rings. The Morgan fingerprint density at radius 1 is 0.259 bits per heavy atom. The minimum atomic E-state index is -5.00. The van der Waals surface area contributed by atoms with Gasteiger partial charge in [0.25, 0.3) is 0 Å². The molecular weight excluding hydrogens is 1450 g/mol. The number of aliphatic hydroxyl groups is 1. The smallest absolute Gasteiger partial charge is 0.462 e. The first-order valence-electron chi connectivity index (χ1n) is 43.7. The Balaban J connectivity index is 5.46. The Morgan fingerprint density at radius 3 is 0.723 bits per heavy atom. The number of hydrogen-bond donors (Lipinski definition) is 3. The Bertz CT molecular complexity index is 2740. The number of phosphoric acid groups is 2. The van der Waals surface area contributed by atoms with Crippen LogP contribution in [0.15, 0.2) is 158 Å². The standard InChI is InChI=1S/C93H156O17P2/c1-5-9-13-17-21-25-29-33-37-40-43-46-50-53-57-61-65-69-73-77-90(95)103-83-88(109-92(97)79-75-71-67-63-59-55-49-36-32-28-24-20-16-12-8-4)85-107-111(99,100)105-81-87(94)82-106-112(101,102)108-86-89(110-93(98)80-76-72-68-64-60-56-52-48-45-42-39-35-31-27-23-19-15-11-7-3)84-104-91(96)78-74-70-66-62-58-54-51-47-44-41-38-34-30-26-22-18-14-10-6-2/h10,14,21-28,33-39,43-49,54,58,87-89,94H,5-9,11-13,15-20,29-32,40-42,50-53,55-57,59-86H2,1-4H3,(H,99,100)(H,101,102)/b14-10-,25-21-,26-22-,27-23-,28-24-,37-33-,38-34-,39-35-,46-43-,47-44-,48-45-,49-36-,58-54-. The first-order valence-corrected chi connectivity index (χ1v) is 46.7. The van der Waals surface area contributed by atoms with Crippen molar-refractivity contribution in [2.75, 3.05) is 39.6 Å². The van der Waals surface area contributed by atoms with Crippen LogP contribution in [0.1, 0.15) is 349 Å². The quantitative estimate of drug-likeness (QED) is 0.0169. The molecule has 0 saturated carbocycles. The number of phosphoric ester groups is 2. The van der Waals surface area contributed by atoms with E-state index in [4.69, 9.17) is 37.0 Å². The van der Waals surface area contributed by atoms with Gasteiger partial charge in [-0.05, 0) is 180 Å². The Labute approximate surface area is 680 Å². The lowest BCUT2D eigenvalue weighted by atomic mass is 10.1. The maximum Gasteiger partial charge on any atom is 0.472 e. The predicted molar refractivity (Wildman–Crippen MR) is 464 cm³/mol. The van der Waals surface area contributed by atoms with Crippen LogP contribution in [0.4, 0.5) is 0 Å². The van der Waals surface area contributed by atoms with E-state index in [9.17, 15) is 43.2 Å². The van der Waals surface area contributed by atoms with Gasteiger partial charge in [-0.1, -0.05) is 301 Å². The number of esters is 4. The van der Waals surface area contributed by atoms with E-state index in [1.807, 2.05) is 0 Å². The molecule has 0 aromatic heterocycles. The molecule has 5 atom stereocenters. The van der Waals surface area contributed by atoms with Gasteiger partial charge in [0.2, 0.25) is 0 Å². The molecule has 0 aliphatic heterocycles. The van der Waals surface area contributed by atoms with Crippen LogP contribution in [0.2, 0.25) is 0 Å². The second-order valence-corrected chi connectivity index (χ2v) is 31.6. The maximum absolute atomic E-state index is 13.2. The summed E-state index contributed by atoms with van der Waals surface area (Å²) >= 11 is 0. The molecule has 640 valence electrons. The lowest BCUT2D eigenvalue weighted by Gasteiger charge is -2.21. The van der Waals surface area contributed by atoms with Crippen molar-refractivity contribution in [1.29, 1.82) is 0 Å². The highest BCUT2D eigenvalue weighted by Crippen LogP contribution is 2.45. The molecule has 0 radical (unpaired) electrons. The van der Waals surface area contributed by atoms with E-state index in [-0.39, 0.29) is 25.7 Å². The summed E-state index contributed by atoms with van der Waals surface area (Å²) in [6.45, 7) is 4.63. The van der Waals surface area contributed by atoms with Gasteiger partial charge in [-0.25, -0.2) is 9.13 Å². The number of aliphatic hydroxyl groups excluding tert-OH is 1. The third-order valence-electron chi connectivity index (χ3n) is 17.9. The average Bonchev–Trinajstić information content (AvgIpc) is 0.898. The molecule has 0 rings (SSSR count). The SMILES string of the molecule is CC/C=C\C/C=C\C/C=C\C/C=C\C/C=C\CCCCCC(=O)OCC(COP(=O)(O)OCC(O)COP(=O)(O)OCC(COC(=O)CCCCCCCC/C=C\C/C=C\C/C=C\CCCCC)OC(=O)CCCCCCC/C=C\C/C=C\CCCCC)OC(=O)CCCCCCCC/C=C\C/C=C\C/C=C\CCCCC. The summed E-state index contributed by atoms with van der Waals surface area (Å²) in [7, 11) is -10.0. The summed E-state index contributed by atoms with van der Waals surface area (Å²) < 4.78 is 68.8. The van der Waals surface area contributed by atoms with Crippen LogP contribution < -0.4 is 0 Å². The normalized spacial score (nSPS) is 14.5. The molecular formula is C93H156O17P2. The van der Waals surface area contributed by atoms with Crippen LogP contribution in [0.5, 0.6) is 0 Å². The number of carbonyl (C=O) groups is 4. The van der Waals surface area contributed by atoms with Crippen molar-refractivity contribution >= 4 is 39.5 Å². The highest BCUT2D eigenvalue weighted by molar-refractivity contribution is 7.47. The zero-order valence-electron chi connectivity index (χ0n) is 70.3. The largest absolute Gasteiger partial charge is 0.472 e. The van der Waals surface area contributed by atoms with Gasteiger partial charge in [-0.15, -0.1) is 0 Å². The van der Waals surface area contributed by atoms with Crippen molar-refractivity contribution in [2.45, 2.75) is 367 Å². The minimum Gasteiger partial charge on any atom is -0.462 e. The van der Waals surface area contributed by atoms with E-state index in [0.717, 1.165) is 212 Å². The highest BCUT2D eigenvalue weighted by Gasteiger charge is 2.30. The van der Waals surface area contributed by atoms with Crippen LogP contribution >= 0.6 is 15.6 Å². The number of carbonyl (C=O) groups excluding carboxylic acids is 4. The highest BCUT2D eigenvalue weighted by atomic mass is 31.2. The van der Waals surface area contributed by atoms with E-state index < -0.39 is 97.5 Å². The molecule has 5 unspecified atom stereocenters. The van der Waals surface area contributed by atoms with Crippen molar-refractivity contribution in [1.82, 2.24) is 0 Å². The Morgan fingerprint density at radius 2 is 0.464 bits per heavy atom. The van der Waals surface area contributed by atoms with Crippen molar-refractivity contribution < 1.29 is 80.2 Å². The molecule has 112 heavy (non-hydrogen) atoms. The van der Waals surface area contributed by atoms with Gasteiger partial charge in [0.1, 0.15) is 19.3 Å². The third kappa shape index (κ3) is 82.7. The molecule has 0 aromatic carbocycles. The van der Waals surface area contributed by atoms with Gasteiger partial charge < -0.3 is 33.8 Å². The number of allylic oxidation sites excluding steroid dienone is 26. The molecule has 19 heteroatoms. The molecule has 0 aliphatic rings. The summed E-state index contributed by atoms with van der Waals surface area (Å²) in [6, 6.07) is 0. The van der Waals surface area contributed by atoms with Crippen LogP contribution in [0.3, 0.4) is 0 Å². The van der Waals surface area contributed by atoms with E-state index in [1.165, 1.54) is 57.8 Å². The van der Waals surface area contributed by atoms with Crippen LogP contribution in [0, 0.1) is 0 Å². The van der Waals surface area contributed by atoms with Gasteiger partial charge >= 0.3 is 39.5 Å². The molecule has 3 N–H and O–H groups in total. The van der Waals surface area contributed by atoms with Gasteiger partial charge in [0.05, 0.1) is 26.4 Å². The monoisotopic (exact) mass is 1610 g/mol. The van der Waals surface area contributed by atoms with Gasteiger partial charge in [0.15, 0.2) is 12.2 Å². The second-order valence-electron chi connectivity index (χ2n) is 28.7. The van der Waals surface area contributed by atoms with Gasteiger partial charge in [0, 0.05) is 25.7 Å². The fraction of sp³-hybridized carbons (Fsp3) is 0.677.